The van der Waals surface area contributed by atoms with Crippen LogP contribution in [0.3, 0.4) is 0 Å². The van der Waals surface area contributed by atoms with Crippen molar-refractivity contribution < 1.29 is 17.0 Å². The van der Waals surface area contributed by atoms with Crippen LogP contribution in [0.15, 0.2) is 76.1 Å². The molecule has 0 radical (unpaired) electrons. The fraction of sp³-hybridized carbons (Fsp3) is 0.0500. The van der Waals surface area contributed by atoms with E-state index in [-0.39, 0.29) is 16.8 Å². The summed E-state index contributed by atoms with van der Waals surface area (Å²) in [5.41, 5.74) is 1.31. The van der Waals surface area contributed by atoms with Crippen molar-refractivity contribution in [2.24, 2.45) is 0 Å². The molecule has 4 aromatic rings. The zero-order valence-electron chi connectivity index (χ0n) is 13.8. The third-order valence-corrected chi connectivity index (χ3v) is 4.57. The Labute approximate surface area is 149 Å². The van der Waals surface area contributed by atoms with Crippen molar-refractivity contribution in [1.82, 2.24) is 0 Å². The summed E-state index contributed by atoms with van der Waals surface area (Å²) in [4.78, 5) is 13.0. The van der Waals surface area contributed by atoms with Gasteiger partial charge in [-0.05, 0) is 28.5 Å². The monoisotopic (exact) mass is 366 g/mol. The first-order chi connectivity index (χ1) is 12.4. The van der Waals surface area contributed by atoms with Gasteiger partial charge in [-0.2, -0.15) is 8.42 Å². The number of hydrogen-bond acceptors (Lipinski definition) is 5. The largest absolute Gasteiger partial charge is 0.463 e. The zero-order valence-corrected chi connectivity index (χ0v) is 14.6. The molecule has 130 valence electrons. The second kappa shape index (κ2) is 6.00. The SMILES string of the molecule is CS(=O)(=O)Oc1ccc2c(=O)c(-c3cccc4ccccc34)coc2c1. The third kappa shape index (κ3) is 2.95. The Kier molecular flexibility index (Phi) is 3.77. The Morgan fingerprint density at radius 2 is 1.65 bits per heavy atom. The summed E-state index contributed by atoms with van der Waals surface area (Å²) in [6.45, 7) is 0. The highest BCUT2D eigenvalue weighted by molar-refractivity contribution is 7.86. The van der Waals surface area contributed by atoms with Gasteiger partial charge in [-0.15, -0.1) is 0 Å². The molecule has 0 aliphatic carbocycles. The van der Waals surface area contributed by atoms with Crippen molar-refractivity contribution in [1.29, 1.82) is 0 Å². The lowest BCUT2D eigenvalue weighted by Crippen LogP contribution is -2.07. The second-order valence-corrected chi connectivity index (χ2v) is 7.53. The van der Waals surface area contributed by atoms with E-state index in [2.05, 4.69) is 0 Å². The topological polar surface area (TPSA) is 73.6 Å². The Morgan fingerprint density at radius 1 is 0.885 bits per heavy atom. The van der Waals surface area contributed by atoms with Gasteiger partial charge in [-0.3, -0.25) is 4.79 Å². The van der Waals surface area contributed by atoms with Crippen molar-refractivity contribution in [3.05, 3.63) is 77.2 Å². The predicted octanol–water partition coefficient (Wildman–Crippen LogP) is 3.95. The van der Waals surface area contributed by atoms with Gasteiger partial charge in [0.1, 0.15) is 17.6 Å². The van der Waals surface area contributed by atoms with E-state index in [1.807, 2.05) is 42.5 Å². The van der Waals surface area contributed by atoms with Crippen LogP contribution in [0.2, 0.25) is 0 Å². The third-order valence-electron chi connectivity index (χ3n) is 4.07. The molecule has 0 amide bonds. The van der Waals surface area contributed by atoms with Crippen molar-refractivity contribution >= 4 is 31.9 Å². The molecular weight excluding hydrogens is 352 g/mol. The van der Waals surface area contributed by atoms with Crippen molar-refractivity contribution in [3.8, 4) is 16.9 Å². The summed E-state index contributed by atoms with van der Waals surface area (Å²) in [5, 5.41) is 2.34. The van der Waals surface area contributed by atoms with Crippen molar-refractivity contribution in [3.63, 3.8) is 0 Å². The van der Waals surface area contributed by atoms with E-state index in [0.717, 1.165) is 22.6 Å². The van der Waals surface area contributed by atoms with Crippen LogP contribution in [0.5, 0.6) is 5.75 Å². The van der Waals surface area contributed by atoms with E-state index in [1.165, 1.54) is 24.5 Å². The number of hydrogen-bond donors (Lipinski definition) is 0. The summed E-state index contributed by atoms with van der Waals surface area (Å²) < 4.78 is 32.9. The maximum absolute atomic E-state index is 13.0. The molecular formula is C20H14O5S. The smallest absolute Gasteiger partial charge is 0.306 e. The molecule has 26 heavy (non-hydrogen) atoms. The highest BCUT2D eigenvalue weighted by Gasteiger charge is 2.13. The minimum atomic E-state index is -3.65. The normalized spacial score (nSPS) is 11.7. The van der Waals surface area contributed by atoms with Gasteiger partial charge < -0.3 is 8.60 Å². The Bertz CT molecular complexity index is 1300. The quantitative estimate of drug-likeness (QED) is 0.513. The number of rotatable bonds is 3. The molecule has 0 saturated heterocycles. The molecule has 1 heterocycles. The van der Waals surface area contributed by atoms with Gasteiger partial charge in [0.05, 0.1) is 17.2 Å². The van der Waals surface area contributed by atoms with Gasteiger partial charge in [0.25, 0.3) is 0 Å². The maximum atomic E-state index is 13.0. The Balaban J connectivity index is 1.91. The molecule has 0 bridgehead atoms. The van der Waals surface area contributed by atoms with Gasteiger partial charge in [-0.25, -0.2) is 0 Å². The highest BCUT2D eigenvalue weighted by atomic mass is 32.2. The second-order valence-electron chi connectivity index (χ2n) is 5.95. The predicted molar refractivity (Wildman–Crippen MR) is 101 cm³/mol. The first-order valence-electron chi connectivity index (χ1n) is 7.85. The summed E-state index contributed by atoms with van der Waals surface area (Å²) in [7, 11) is -3.65. The van der Waals surface area contributed by atoms with Crippen LogP contribution in [0.25, 0.3) is 32.9 Å². The molecule has 0 saturated carbocycles. The zero-order chi connectivity index (χ0) is 18.3. The lowest BCUT2D eigenvalue weighted by Gasteiger charge is -2.08. The molecule has 0 atom stereocenters. The lowest BCUT2D eigenvalue weighted by molar-refractivity contribution is 0.492. The molecule has 0 aliphatic rings. The van der Waals surface area contributed by atoms with Crippen LogP contribution in [0, 0.1) is 0 Å². The summed E-state index contributed by atoms with van der Waals surface area (Å²) in [6, 6.07) is 17.9. The minimum absolute atomic E-state index is 0.0982. The molecule has 3 aromatic carbocycles. The van der Waals surface area contributed by atoms with Gasteiger partial charge in [0, 0.05) is 6.07 Å². The minimum Gasteiger partial charge on any atom is -0.463 e. The van der Waals surface area contributed by atoms with Crippen LogP contribution in [0.4, 0.5) is 0 Å². The fourth-order valence-electron chi connectivity index (χ4n) is 2.98. The Hall–Kier alpha value is -3.12. The molecule has 0 aliphatic heterocycles. The maximum Gasteiger partial charge on any atom is 0.306 e. The average molecular weight is 366 g/mol. The van der Waals surface area contributed by atoms with E-state index < -0.39 is 10.1 Å². The highest BCUT2D eigenvalue weighted by Crippen LogP contribution is 2.28. The van der Waals surface area contributed by atoms with E-state index >= 15 is 0 Å². The molecule has 0 N–H and O–H groups in total. The van der Waals surface area contributed by atoms with Gasteiger partial charge in [-0.1, -0.05) is 42.5 Å². The summed E-state index contributed by atoms with van der Waals surface area (Å²) >= 11 is 0. The molecule has 0 spiro atoms. The van der Waals surface area contributed by atoms with E-state index in [1.54, 1.807) is 0 Å². The van der Waals surface area contributed by atoms with Crippen LogP contribution in [0.1, 0.15) is 0 Å². The molecule has 1 aromatic heterocycles. The first-order valence-corrected chi connectivity index (χ1v) is 9.67. The van der Waals surface area contributed by atoms with Crippen molar-refractivity contribution in [2.75, 3.05) is 6.26 Å². The molecule has 0 fully saturated rings. The molecule has 6 heteroatoms. The van der Waals surface area contributed by atoms with E-state index in [9.17, 15) is 13.2 Å². The van der Waals surface area contributed by atoms with Gasteiger partial charge in [0.2, 0.25) is 5.43 Å². The van der Waals surface area contributed by atoms with Crippen LogP contribution in [-0.4, -0.2) is 14.7 Å². The summed E-state index contributed by atoms with van der Waals surface area (Å²) in [6.07, 6.45) is 2.35. The molecule has 5 nitrogen and oxygen atoms in total. The van der Waals surface area contributed by atoms with E-state index in [0.29, 0.717) is 10.9 Å². The lowest BCUT2D eigenvalue weighted by atomic mass is 9.98. The summed E-state index contributed by atoms with van der Waals surface area (Å²) in [5.74, 6) is 0.0982. The van der Waals surface area contributed by atoms with Crippen molar-refractivity contribution in [2.45, 2.75) is 0 Å². The average Bonchev–Trinajstić information content (AvgIpc) is 2.60. The molecule has 4 rings (SSSR count). The Morgan fingerprint density at radius 3 is 2.46 bits per heavy atom. The standard InChI is InChI=1S/C20H14O5S/c1-26(22,23)25-14-9-10-17-19(11-14)24-12-18(20(17)21)16-8-4-6-13-5-2-3-7-15(13)16/h2-12H,1H3. The van der Waals surface area contributed by atoms with Gasteiger partial charge in [0.15, 0.2) is 0 Å². The van der Waals surface area contributed by atoms with E-state index in [4.69, 9.17) is 8.60 Å². The van der Waals surface area contributed by atoms with Crippen LogP contribution in [-0.2, 0) is 10.1 Å². The fourth-order valence-corrected chi connectivity index (χ4v) is 3.43. The number of benzene rings is 3. The first kappa shape index (κ1) is 16.4. The van der Waals surface area contributed by atoms with Gasteiger partial charge >= 0.3 is 10.1 Å². The van der Waals surface area contributed by atoms with Crippen LogP contribution >= 0.6 is 0 Å². The number of fused-ring (bicyclic) bond motifs is 2. The molecule has 0 unspecified atom stereocenters. The van der Waals surface area contributed by atoms with Crippen LogP contribution < -0.4 is 9.61 Å².